The Hall–Kier alpha value is -2.69. The van der Waals surface area contributed by atoms with Gasteiger partial charge in [0.05, 0.1) is 6.42 Å². The summed E-state index contributed by atoms with van der Waals surface area (Å²) in [5, 5.41) is 3.07. The molecule has 0 aromatic heterocycles. The van der Waals surface area contributed by atoms with E-state index in [0.717, 1.165) is 36.8 Å². The van der Waals surface area contributed by atoms with Crippen LogP contribution >= 0.6 is 0 Å². The summed E-state index contributed by atoms with van der Waals surface area (Å²) >= 11 is 0. The highest BCUT2D eigenvalue weighted by molar-refractivity contribution is 5.88. The summed E-state index contributed by atoms with van der Waals surface area (Å²) < 4.78 is 14.3. The van der Waals surface area contributed by atoms with Crippen molar-refractivity contribution in [2.75, 3.05) is 0 Å². The Kier molecular flexibility index (Phi) is 7.24. The highest BCUT2D eigenvalue weighted by Crippen LogP contribution is 2.20. The predicted octanol–water partition coefficient (Wildman–Crippen LogP) is 4.46. The molecule has 1 N–H and O–H groups in total. The van der Waals surface area contributed by atoms with Gasteiger partial charge in [-0.15, -0.1) is 0 Å². The van der Waals surface area contributed by atoms with Crippen molar-refractivity contribution in [2.45, 2.75) is 71.5 Å². The zero-order valence-electron chi connectivity index (χ0n) is 18.1. The fraction of sp³-hybridized carbons (Fsp3) is 0.440. The van der Waals surface area contributed by atoms with E-state index in [1.807, 2.05) is 32.0 Å². The van der Waals surface area contributed by atoms with E-state index in [1.54, 1.807) is 25.1 Å². The van der Waals surface area contributed by atoms with Gasteiger partial charge in [-0.1, -0.05) is 49.2 Å². The number of carbonyl (C=O) groups is 2. The van der Waals surface area contributed by atoms with E-state index >= 15 is 0 Å². The fourth-order valence-electron chi connectivity index (χ4n) is 3.97. The zero-order valence-corrected chi connectivity index (χ0v) is 18.1. The maximum atomic E-state index is 14.3. The molecule has 1 aliphatic carbocycles. The van der Waals surface area contributed by atoms with Gasteiger partial charge in [0.25, 0.3) is 0 Å². The number of halogens is 1. The topological polar surface area (TPSA) is 49.4 Å². The van der Waals surface area contributed by atoms with Gasteiger partial charge in [-0.25, -0.2) is 4.39 Å². The maximum Gasteiger partial charge on any atom is 0.242 e. The summed E-state index contributed by atoms with van der Waals surface area (Å²) in [6, 6.07) is 11.8. The minimum absolute atomic E-state index is 0.0651. The molecule has 160 valence electrons. The number of amides is 2. The van der Waals surface area contributed by atoms with Gasteiger partial charge >= 0.3 is 0 Å². The van der Waals surface area contributed by atoms with Crippen LogP contribution in [0.2, 0.25) is 0 Å². The van der Waals surface area contributed by atoms with E-state index in [4.69, 9.17) is 0 Å². The van der Waals surface area contributed by atoms with Gasteiger partial charge in [0.15, 0.2) is 0 Å². The second kappa shape index (κ2) is 9.88. The van der Waals surface area contributed by atoms with Crippen LogP contribution in [0.4, 0.5) is 4.39 Å². The summed E-state index contributed by atoms with van der Waals surface area (Å²) in [5.41, 5.74) is 3.59. The minimum atomic E-state index is -0.677. The molecule has 30 heavy (non-hydrogen) atoms. The van der Waals surface area contributed by atoms with Crippen LogP contribution in [0, 0.1) is 19.7 Å². The molecule has 0 saturated heterocycles. The molecule has 2 aromatic rings. The number of rotatable bonds is 7. The van der Waals surface area contributed by atoms with Gasteiger partial charge in [-0.2, -0.15) is 0 Å². The molecule has 0 radical (unpaired) electrons. The lowest BCUT2D eigenvalue weighted by Crippen LogP contribution is -2.50. The molecular weight excluding hydrogens is 379 g/mol. The number of hydrogen-bond donors (Lipinski definition) is 1. The molecule has 0 spiro atoms. The molecule has 1 aliphatic rings. The van der Waals surface area contributed by atoms with E-state index in [0.29, 0.717) is 5.56 Å². The van der Waals surface area contributed by atoms with Crippen molar-refractivity contribution in [1.82, 2.24) is 10.2 Å². The van der Waals surface area contributed by atoms with E-state index in [-0.39, 0.29) is 36.6 Å². The third kappa shape index (κ3) is 5.47. The Balaban J connectivity index is 1.79. The summed E-state index contributed by atoms with van der Waals surface area (Å²) in [6.07, 6.45) is 4.36. The zero-order chi connectivity index (χ0) is 21.7. The van der Waals surface area contributed by atoms with E-state index in [1.165, 1.54) is 16.5 Å². The van der Waals surface area contributed by atoms with Crippen LogP contribution in [-0.4, -0.2) is 28.8 Å². The van der Waals surface area contributed by atoms with Crippen molar-refractivity contribution in [3.05, 3.63) is 70.5 Å². The minimum Gasteiger partial charge on any atom is -0.352 e. The average molecular weight is 411 g/mol. The van der Waals surface area contributed by atoms with Gasteiger partial charge in [-0.05, 0) is 56.4 Å². The molecule has 0 aliphatic heterocycles. The molecule has 1 fully saturated rings. The van der Waals surface area contributed by atoms with Crippen LogP contribution in [0.5, 0.6) is 0 Å². The highest BCUT2D eigenvalue weighted by atomic mass is 19.1. The van der Waals surface area contributed by atoms with Crippen LogP contribution < -0.4 is 5.32 Å². The van der Waals surface area contributed by atoms with Crippen molar-refractivity contribution < 1.29 is 14.0 Å². The van der Waals surface area contributed by atoms with Gasteiger partial charge in [0.1, 0.15) is 11.9 Å². The van der Waals surface area contributed by atoms with Crippen molar-refractivity contribution in [3.8, 4) is 0 Å². The molecule has 1 saturated carbocycles. The normalized spacial score (nSPS) is 15.1. The first-order valence-electron chi connectivity index (χ1n) is 10.7. The summed E-state index contributed by atoms with van der Waals surface area (Å²) in [4.78, 5) is 27.6. The first kappa shape index (κ1) is 22.0. The molecule has 0 bridgehead atoms. The number of benzene rings is 2. The van der Waals surface area contributed by atoms with E-state index in [9.17, 15) is 14.0 Å². The maximum absolute atomic E-state index is 14.3. The first-order chi connectivity index (χ1) is 14.3. The molecule has 5 heteroatoms. The molecule has 0 unspecified atom stereocenters. The molecule has 2 aromatic carbocycles. The molecular formula is C25H31FN2O2. The summed E-state index contributed by atoms with van der Waals surface area (Å²) in [6.45, 7) is 5.83. The smallest absolute Gasteiger partial charge is 0.242 e. The van der Waals surface area contributed by atoms with Crippen molar-refractivity contribution in [2.24, 2.45) is 0 Å². The van der Waals surface area contributed by atoms with Crippen molar-refractivity contribution in [3.63, 3.8) is 0 Å². The number of hydrogen-bond acceptors (Lipinski definition) is 2. The van der Waals surface area contributed by atoms with Crippen molar-refractivity contribution >= 4 is 11.8 Å². The second-order valence-corrected chi connectivity index (χ2v) is 8.37. The average Bonchev–Trinajstić information content (AvgIpc) is 3.22. The third-order valence-corrected chi connectivity index (χ3v) is 6.09. The standard InChI is InChI=1S/C25H31FN2O2/c1-17-12-13-20(14-18(17)2)15-24(29)28(16-21-8-4-7-11-23(21)26)19(3)25(30)27-22-9-5-6-10-22/h4,7-8,11-14,19,22H,5-6,9-10,15-16H2,1-3H3,(H,27,30)/t19-/m1/s1. The number of carbonyl (C=O) groups excluding carboxylic acids is 2. The van der Waals surface area contributed by atoms with E-state index < -0.39 is 6.04 Å². The van der Waals surface area contributed by atoms with Crippen LogP contribution in [-0.2, 0) is 22.6 Å². The lowest BCUT2D eigenvalue weighted by molar-refractivity contribution is -0.140. The van der Waals surface area contributed by atoms with Gasteiger partial charge < -0.3 is 10.2 Å². The quantitative estimate of drug-likeness (QED) is 0.733. The predicted molar refractivity (Wildman–Crippen MR) is 116 cm³/mol. The van der Waals surface area contributed by atoms with Crippen LogP contribution in [0.25, 0.3) is 0 Å². The summed E-state index contributed by atoms with van der Waals surface area (Å²) in [7, 11) is 0. The Morgan fingerprint density at radius 1 is 1.10 bits per heavy atom. The van der Waals surface area contributed by atoms with Crippen molar-refractivity contribution in [1.29, 1.82) is 0 Å². The van der Waals surface area contributed by atoms with Crippen LogP contribution in [0.1, 0.15) is 54.9 Å². The monoisotopic (exact) mass is 410 g/mol. The van der Waals surface area contributed by atoms with Crippen LogP contribution in [0.3, 0.4) is 0 Å². The highest BCUT2D eigenvalue weighted by Gasteiger charge is 2.29. The summed E-state index contributed by atoms with van der Waals surface area (Å²) in [5.74, 6) is -0.730. The Morgan fingerprint density at radius 2 is 1.80 bits per heavy atom. The number of nitrogens with one attached hydrogen (secondary N) is 1. The fourth-order valence-corrected chi connectivity index (χ4v) is 3.97. The molecule has 3 rings (SSSR count). The largest absolute Gasteiger partial charge is 0.352 e. The van der Waals surface area contributed by atoms with Gasteiger partial charge in [0, 0.05) is 18.2 Å². The molecule has 0 heterocycles. The third-order valence-electron chi connectivity index (χ3n) is 6.09. The molecule has 2 amide bonds. The Bertz CT molecular complexity index is 906. The number of nitrogens with zero attached hydrogens (tertiary/aromatic N) is 1. The molecule has 4 nitrogen and oxygen atoms in total. The van der Waals surface area contributed by atoms with Gasteiger partial charge in [-0.3, -0.25) is 9.59 Å². The number of aryl methyl sites for hydroxylation is 2. The lowest BCUT2D eigenvalue weighted by atomic mass is 10.0. The van der Waals surface area contributed by atoms with Gasteiger partial charge in [0.2, 0.25) is 11.8 Å². The first-order valence-corrected chi connectivity index (χ1v) is 10.7. The Labute approximate surface area is 178 Å². The SMILES string of the molecule is Cc1ccc(CC(=O)N(Cc2ccccc2F)[C@H](C)C(=O)NC2CCCC2)cc1C. The Morgan fingerprint density at radius 3 is 2.47 bits per heavy atom. The molecule has 1 atom stereocenters. The van der Waals surface area contributed by atoms with Crippen LogP contribution in [0.15, 0.2) is 42.5 Å². The lowest BCUT2D eigenvalue weighted by Gasteiger charge is -2.30. The second-order valence-electron chi connectivity index (χ2n) is 8.37. The van der Waals surface area contributed by atoms with E-state index in [2.05, 4.69) is 5.32 Å².